The van der Waals surface area contributed by atoms with Crippen LogP contribution in [0.2, 0.25) is 0 Å². The van der Waals surface area contributed by atoms with Crippen LogP contribution in [0, 0.1) is 23.6 Å². The van der Waals surface area contributed by atoms with Gasteiger partial charge in [-0.1, -0.05) is 15.9 Å². The van der Waals surface area contributed by atoms with Gasteiger partial charge in [0.05, 0.1) is 0 Å². The highest BCUT2D eigenvalue weighted by atomic mass is 79.9. The first-order valence-electron chi connectivity index (χ1n) is 6.09. The van der Waals surface area contributed by atoms with Crippen LogP contribution in [0.4, 0.5) is 4.39 Å². The third-order valence-electron chi connectivity index (χ3n) is 4.00. The molecule has 2 fully saturated rings. The summed E-state index contributed by atoms with van der Waals surface area (Å²) in [5.41, 5.74) is 0.780. The van der Waals surface area contributed by atoms with Crippen molar-refractivity contribution >= 4 is 21.7 Å². The van der Waals surface area contributed by atoms with Crippen molar-refractivity contribution in [3.63, 3.8) is 0 Å². The van der Waals surface area contributed by atoms with E-state index in [1.807, 2.05) is 6.07 Å². The van der Waals surface area contributed by atoms with E-state index >= 15 is 0 Å². The summed E-state index contributed by atoms with van der Waals surface area (Å²) in [6.07, 6.45) is 3.84. The van der Waals surface area contributed by atoms with E-state index in [2.05, 4.69) is 15.9 Å². The molecule has 3 rings (SSSR count). The summed E-state index contributed by atoms with van der Waals surface area (Å²) in [5.74, 6) is 1.89. The molecule has 90 valence electrons. The van der Waals surface area contributed by atoms with Gasteiger partial charge >= 0.3 is 0 Å². The second-order valence-corrected chi connectivity index (χ2v) is 6.26. The van der Waals surface area contributed by atoms with Crippen molar-refractivity contribution in [2.75, 3.05) is 0 Å². The molecule has 1 nitrogen and oxygen atoms in total. The van der Waals surface area contributed by atoms with Crippen molar-refractivity contribution in [3.05, 3.63) is 34.1 Å². The van der Waals surface area contributed by atoms with E-state index in [-0.39, 0.29) is 17.5 Å². The Morgan fingerprint density at radius 3 is 2.59 bits per heavy atom. The van der Waals surface area contributed by atoms with Crippen LogP contribution >= 0.6 is 15.9 Å². The number of benzene rings is 1. The van der Waals surface area contributed by atoms with Crippen LogP contribution in [0.5, 0.6) is 0 Å². The molecule has 0 heterocycles. The second kappa shape index (κ2) is 4.20. The molecule has 2 saturated carbocycles. The number of fused-ring (bicyclic) bond motifs is 1. The van der Waals surface area contributed by atoms with Gasteiger partial charge in [0.25, 0.3) is 0 Å². The monoisotopic (exact) mass is 296 g/mol. The van der Waals surface area contributed by atoms with Gasteiger partial charge in [-0.3, -0.25) is 4.79 Å². The second-order valence-electron chi connectivity index (χ2n) is 5.34. The number of rotatable bonds is 3. The van der Waals surface area contributed by atoms with E-state index in [4.69, 9.17) is 0 Å². The summed E-state index contributed by atoms with van der Waals surface area (Å²) in [6, 6.07) is 4.70. The molecule has 0 aliphatic heterocycles. The summed E-state index contributed by atoms with van der Waals surface area (Å²) < 4.78 is 13.9. The zero-order chi connectivity index (χ0) is 12.0. The third-order valence-corrected chi connectivity index (χ3v) is 4.46. The standard InChI is InChI=1S/C14H14BrFO/c15-12-1-8(2-13(16)7-12)3-14(17)11-5-9-4-10(9)6-11/h1-2,7,9-11H,3-6H2. The van der Waals surface area contributed by atoms with E-state index < -0.39 is 0 Å². The predicted molar refractivity (Wildman–Crippen MR) is 67.1 cm³/mol. The Kier molecular flexibility index (Phi) is 2.81. The maximum absolute atomic E-state index is 13.2. The van der Waals surface area contributed by atoms with E-state index in [0.717, 1.165) is 30.2 Å². The normalized spacial score (nSPS) is 30.1. The largest absolute Gasteiger partial charge is 0.299 e. The quantitative estimate of drug-likeness (QED) is 0.830. The van der Waals surface area contributed by atoms with E-state index in [1.165, 1.54) is 18.6 Å². The van der Waals surface area contributed by atoms with Crippen molar-refractivity contribution in [2.24, 2.45) is 17.8 Å². The molecule has 1 aromatic rings. The van der Waals surface area contributed by atoms with Crippen LogP contribution in [-0.2, 0) is 11.2 Å². The number of hydrogen-bond acceptors (Lipinski definition) is 1. The van der Waals surface area contributed by atoms with Crippen molar-refractivity contribution in [1.29, 1.82) is 0 Å². The van der Waals surface area contributed by atoms with E-state index in [0.29, 0.717) is 10.9 Å². The Labute approximate surface area is 109 Å². The van der Waals surface area contributed by atoms with Crippen molar-refractivity contribution in [1.82, 2.24) is 0 Å². The van der Waals surface area contributed by atoms with Crippen molar-refractivity contribution in [3.8, 4) is 0 Å². The van der Waals surface area contributed by atoms with Gasteiger partial charge in [0.1, 0.15) is 11.6 Å². The first-order valence-corrected chi connectivity index (χ1v) is 6.89. The van der Waals surface area contributed by atoms with Crippen LogP contribution in [0.15, 0.2) is 22.7 Å². The molecule has 17 heavy (non-hydrogen) atoms. The number of carbonyl (C=O) groups is 1. The molecule has 0 spiro atoms. The van der Waals surface area contributed by atoms with Gasteiger partial charge in [-0.15, -0.1) is 0 Å². The zero-order valence-corrected chi connectivity index (χ0v) is 11.0. The van der Waals surface area contributed by atoms with Crippen molar-refractivity contribution in [2.45, 2.75) is 25.7 Å². The van der Waals surface area contributed by atoms with E-state index in [9.17, 15) is 9.18 Å². The van der Waals surface area contributed by atoms with Crippen LogP contribution in [0.1, 0.15) is 24.8 Å². The summed E-state index contributed by atoms with van der Waals surface area (Å²) in [7, 11) is 0. The smallest absolute Gasteiger partial charge is 0.140 e. The Morgan fingerprint density at radius 1 is 1.24 bits per heavy atom. The topological polar surface area (TPSA) is 17.1 Å². The van der Waals surface area contributed by atoms with Gasteiger partial charge in [-0.2, -0.15) is 0 Å². The number of hydrogen-bond donors (Lipinski definition) is 0. The molecule has 0 amide bonds. The van der Waals surface area contributed by atoms with Gasteiger partial charge < -0.3 is 0 Å². The Bertz CT molecular complexity index is 441. The molecule has 3 heteroatoms. The SMILES string of the molecule is O=C(Cc1cc(F)cc(Br)c1)C1CC2CC2C1. The lowest BCUT2D eigenvalue weighted by Crippen LogP contribution is -2.15. The lowest BCUT2D eigenvalue weighted by molar-refractivity contribution is -0.122. The molecular formula is C14H14BrFO. The van der Waals surface area contributed by atoms with Crippen LogP contribution in [0.3, 0.4) is 0 Å². The minimum atomic E-state index is -0.281. The third kappa shape index (κ3) is 2.44. The van der Waals surface area contributed by atoms with Gasteiger partial charge in [0.2, 0.25) is 0 Å². The van der Waals surface area contributed by atoms with Crippen molar-refractivity contribution < 1.29 is 9.18 Å². The van der Waals surface area contributed by atoms with E-state index in [1.54, 1.807) is 0 Å². The zero-order valence-electron chi connectivity index (χ0n) is 9.46. The first kappa shape index (κ1) is 11.4. The number of carbonyl (C=O) groups excluding carboxylic acids is 1. The maximum atomic E-state index is 13.2. The number of ketones is 1. The molecule has 2 aliphatic rings. The fraction of sp³-hybridized carbons (Fsp3) is 0.500. The fourth-order valence-corrected chi connectivity index (χ4v) is 3.55. The fourth-order valence-electron chi connectivity index (χ4n) is 3.04. The average Bonchev–Trinajstić information content (AvgIpc) is 2.84. The lowest BCUT2D eigenvalue weighted by atomic mass is 9.94. The molecular weight excluding hydrogens is 283 g/mol. The van der Waals surface area contributed by atoms with Crippen LogP contribution in [0.25, 0.3) is 0 Å². The van der Waals surface area contributed by atoms with Gasteiger partial charge in [-0.25, -0.2) is 4.39 Å². The lowest BCUT2D eigenvalue weighted by Gasteiger charge is -2.10. The van der Waals surface area contributed by atoms with Crippen LogP contribution < -0.4 is 0 Å². The number of halogens is 2. The highest BCUT2D eigenvalue weighted by Crippen LogP contribution is 2.54. The molecule has 0 saturated heterocycles. The summed E-state index contributed by atoms with van der Waals surface area (Å²) >= 11 is 3.25. The highest BCUT2D eigenvalue weighted by Gasteiger charge is 2.47. The molecule has 0 bridgehead atoms. The highest BCUT2D eigenvalue weighted by molar-refractivity contribution is 9.10. The summed E-state index contributed by atoms with van der Waals surface area (Å²) in [6.45, 7) is 0. The minimum absolute atomic E-state index is 0.237. The minimum Gasteiger partial charge on any atom is -0.299 e. The molecule has 0 N–H and O–H groups in total. The molecule has 2 aliphatic carbocycles. The van der Waals surface area contributed by atoms with Gasteiger partial charge in [0, 0.05) is 16.8 Å². The Morgan fingerprint density at radius 2 is 1.94 bits per heavy atom. The molecule has 0 aromatic heterocycles. The van der Waals surface area contributed by atoms with Gasteiger partial charge in [0.15, 0.2) is 0 Å². The molecule has 2 unspecified atom stereocenters. The molecule has 2 atom stereocenters. The predicted octanol–water partition coefficient (Wildman–Crippen LogP) is 3.75. The summed E-state index contributed by atoms with van der Waals surface area (Å²) in [5, 5.41) is 0. The number of Topliss-reactive ketones (excluding diaryl/α,β-unsaturated/α-hetero) is 1. The molecule has 0 radical (unpaired) electrons. The maximum Gasteiger partial charge on any atom is 0.140 e. The average molecular weight is 297 g/mol. The molecule has 1 aromatic carbocycles. The first-order chi connectivity index (χ1) is 8.11. The Balaban J connectivity index is 1.67. The van der Waals surface area contributed by atoms with Crippen LogP contribution in [-0.4, -0.2) is 5.78 Å². The Hall–Kier alpha value is -0.700. The van der Waals surface area contributed by atoms with Gasteiger partial charge in [-0.05, 0) is 54.9 Å². The summed E-state index contributed by atoms with van der Waals surface area (Å²) in [4.78, 5) is 12.1.